The Labute approximate surface area is 165 Å². The Morgan fingerprint density at radius 3 is 2.38 bits per heavy atom. The van der Waals surface area contributed by atoms with Crippen molar-refractivity contribution in [1.82, 2.24) is 9.97 Å². The molecule has 1 aromatic carbocycles. The lowest BCUT2D eigenvalue weighted by molar-refractivity contribution is 0.746. The van der Waals surface area contributed by atoms with Gasteiger partial charge in [-0.3, -0.25) is 9.97 Å². The molecule has 0 radical (unpaired) electrons. The number of rotatable bonds is 6. The van der Waals surface area contributed by atoms with Gasteiger partial charge in [0.25, 0.3) is 0 Å². The van der Waals surface area contributed by atoms with E-state index in [9.17, 15) is 0 Å². The number of pyridine rings is 2. The third-order valence-electron chi connectivity index (χ3n) is 4.35. The predicted molar refractivity (Wildman–Crippen MR) is 113 cm³/mol. The van der Waals surface area contributed by atoms with Gasteiger partial charge in [0.15, 0.2) is 0 Å². The molecule has 3 rings (SSSR count). The summed E-state index contributed by atoms with van der Waals surface area (Å²) in [5, 5.41) is 2.30. The second-order valence-electron chi connectivity index (χ2n) is 6.45. The molecule has 0 amide bonds. The number of benzene rings is 1. The lowest BCUT2D eigenvalue weighted by atomic mass is 10.1. The van der Waals surface area contributed by atoms with Crippen LogP contribution in [0.25, 0.3) is 22.2 Å². The van der Waals surface area contributed by atoms with Gasteiger partial charge in [-0.1, -0.05) is 37.0 Å². The lowest BCUT2D eigenvalue weighted by Gasteiger charge is -2.26. The van der Waals surface area contributed by atoms with Crippen molar-refractivity contribution in [2.75, 3.05) is 18.0 Å². The Morgan fingerprint density at radius 1 is 1.00 bits per heavy atom. The molecule has 0 unspecified atom stereocenters. The number of anilines is 1. The Bertz CT molecular complexity index is 919. The van der Waals surface area contributed by atoms with E-state index in [1.807, 2.05) is 31.3 Å². The van der Waals surface area contributed by atoms with E-state index in [4.69, 9.17) is 28.2 Å². The van der Waals surface area contributed by atoms with E-state index < -0.39 is 0 Å². The normalized spacial score (nSPS) is 11.1. The Morgan fingerprint density at radius 2 is 1.73 bits per heavy atom. The Kier molecular flexibility index (Phi) is 6.00. The average Bonchev–Trinajstić information content (AvgIpc) is 2.61. The average molecular weight is 388 g/mol. The van der Waals surface area contributed by atoms with Crippen molar-refractivity contribution in [3.8, 4) is 11.3 Å². The fourth-order valence-corrected chi connectivity index (χ4v) is 3.79. The SMILES string of the molecule is CCCN(CCC)c1cc(C)nc2c(-c3ccc(Cl)cc3Cl)nccc12. The molecule has 0 aliphatic carbocycles. The summed E-state index contributed by atoms with van der Waals surface area (Å²) < 4.78 is 0. The van der Waals surface area contributed by atoms with Crippen LogP contribution < -0.4 is 4.90 Å². The Hall–Kier alpha value is -1.84. The van der Waals surface area contributed by atoms with Gasteiger partial charge >= 0.3 is 0 Å². The van der Waals surface area contributed by atoms with Crippen LogP contribution in [0.5, 0.6) is 0 Å². The summed E-state index contributed by atoms with van der Waals surface area (Å²) in [6, 6.07) is 9.70. The van der Waals surface area contributed by atoms with E-state index in [2.05, 4.69) is 29.8 Å². The van der Waals surface area contributed by atoms with E-state index in [0.717, 1.165) is 53.8 Å². The zero-order valence-corrected chi connectivity index (χ0v) is 16.9. The number of halogens is 2. The lowest BCUT2D eigenvalue weighted by Crippen LogP contribution is -2.25. The fourth-order valence-electron chi connectivity index (χ4n) is 3.29. The molecule has 0 atom stereocenters. The first-order chi connectivity index (χ1) is 12.5. The van der Waals surface area contributed by atoms with Crippen LogP contribution in [0.15, 0.2) is 36.5 Å². The maximum absolute atomic E-state index is 6.44. The van der Waals surface area contributed by atoms with Gasteiger partial charge in [0, 0.05) is 46.6 Å². The van der Waals surface area contributed by atoms with Crippen LogP contribution in [0, 0.1) is 6.92 Å². The van der Waals surface area contributed by atoms with Gasteiger partial charge in [0.05, 0.1) is 16.2 Å². The monoisotopic (exact) mass is 387 g/mol. The van der Waals surface area contributed by atoms with Crippen molar-refractivity contribution >= 4 is 39.8 Å². The molecule has 0 saturated carbocycles. The van der Waals surface area contributed by atoms with Crippen molar-refractivity contribution in [3.05, 3.63) is 52.3 Å². The van der Waals surface area contributed by atoms with Crippen molar-refractivity contribution < 1.29 is 0 Å². The number of hydrogen-bond donors (Lipinski definition) is 0. The topological polar surface area (TPSA) is 29.0 Å². The third kappa shape index (κ3) is 3.79. The zero-order valence-electron chi connectivity index (χ0n) is 15.4. The van der Waals surface area contributed by atoms with E-state index in [1.54, 1.807) is 6.07 Å². The van der Waals surface area contributed by atoms with E-state index >= 15 is 0 Å². The number of aromatic nitrogens is 2. The summed E-state index contributed by atoms with van der Waals surface area (Å²) in [7, 11) is 0. The summed E-state index contributed by atoms with van der Waals surface area (Å²) in [4.78, 5) is 11.8. The van der Waals surface area contributed by atoms with Gasteiger partial charge in [0.1, 0.15) is 0 Å². The first-order valence-corrected chi connectivity index (χ1v) is 9.77. The van der Waals surface area contributed by atoms with Crippen LogP contribution in [-0.2, 0) is 0 Å². The molecule has 0 fully saturated rings. The van der Waals surface area contributed by atoms with Crippen molar-refractivity contribution in [3.63, 3.8) is 0 Å². The first-order valence-electron chi connectivity index (χ1n) is 9.01. The summed E-state index contributed by atoms with van der Waals surface area (Å²) in [5.41, 5.74) is 4.71. The smallest absolute Gasteiger partial charge is 0.0989 e. The van der Waals surface area contributed by atoms with Gasteiger partial charge in [0.2, 0.25) is 0 Å². The number of hydrogen-bond acceptors (Lipinski definition) is 3. The molecular formula is C21H23Cl2N3. The fraction of sp³-hybridized carbons (Fsp3) is 0.333. The molecule has 0 N–H and O–H groups in total. The Balaban J connectivity index is 2.25. The maximum Gasteiger partial charge on any atom is 0.0989 e. The van der Waals surface area contributed by atoms with Crippen molar-refractivity contribution in [2.24, 2.45) is 0 Å². The standard InChI is InChI=1S/C21H23Cl2N3/c1-4-10-26(11-5-2)19-12-14(3)25-21-17(19)8-9-24-20(21)16-7-6-15(22)13-18(16)23/h6-9,12-13H,4-5,10-11H2,1-3H3. The summed E-state index contributed by atoms with van der Waals surface area (Å²) in [5.74, 6) is 0. The van der Waals surface area contributed by atoms with Crippen LogP contribution >= 0.6 is 23.2 Å². The summed E-state index contributed by atoms with van der Waals surface area (Å²) >= 11 is 12.5. The second kappa shape index (κ2) is 8.24. The van der Waals surface area contributed by atoms with E-state index in [0.29, 0.717) is 10.0 Å². The van der Waals surface area contributed by atoms with Crippen molar-refractivity contribution in [1.29, 1.82) is 0 Å². The number of fused-ring (bicyclic) bond motifs is 1. The minimum absolute atomic E-state index is 0.585. The van der Waals surface area contributed by atoms with Gasteiger partial charge in [-0.25, -0.2) is 0 Å². The molecule has 0 aliphatic rings. The molecular weight excluding hydrogens is 365 g/mol. The van der Waals surface area contributed by atoms with Crippen LogP contribution in [0.2, 0.25) is 10.0 Å². The largest absolute Gasteiger partial charge is 0.371 e. The maximum atomic E-state index is 6.44. The zero-order chi connectivity index (χ0) is 18.7. The minimum atomic E-state index is 0.585. The van der Waals surface area contributed by atoms with Crippen LogP contribution in [0.3, 0.4) is 0 Å². The highest BCUT2D eigenvalue weighted by molar-refractivity contribution is 6.36. The quantitative estimate of drug-likeness (QED) is 0.480. The minimum Gasteiger partial charge on any atom is -0.371 e. The molecule has 3 aromatic rings. The molecule has 2 aromatic heterocycles. The summed E-state index contributed by atoms with van der Waals surface area (Å²) in [6.07, 6.45) is 4.03. The summed E-state index contributed by atoms with van der Waals surface area (Å²) in [6.45, 7) is 8.48. The number of nitrogens with zero attached hydrogens (tertiary/aromatic N) is 3. The molecule has 0 saturated heterocycles. The van der Waals surface area contributed by atoms with Gasteiger partial charge in [-0.2, -0.15) is 0 Å². The van der Waals surface area contributed by atoms with Crippen molar-refractivity contribution in [2.45, 2.75) is 33.6 Å². The van der Waals surface area contributed by atoms with Gasteiger partial charge in [-0.05, 0) is 50.1 Å². The van der Waals surface area contributed by atoms with Crippen LogP contribution in [0.1, 0.15) is 32.4 Å². The number of aryl methyl sites for hydroxylation is 1. The highest BCUT2D eigenvalue weighted by atomic mass is 35.5. The molecule has 0 aliphatic heterocycles. The highest BCUT2D eigenvalue weighted by Crippen LogP contribution is 2.36. The second-order valence-corrected chi connectivity index (χ2v) is 7.29. The predicted octanol–water partition coefficient (Wildman–Crippen LogP) is 6.54. The molecule has 5 heteroatoms. The molecule has 136 valence electrons. The highest BCUT2D eigenvalue weighted by Gasteiger charge is 2.16. The van der Waals surface area contributed by atoms with Crippen LogP contribution in [-0.4, -0.2) is 23.1 Å². The van der Waals surface area contributed by atoms with E-state index in [-0.39, 0.29) is 0 Å². The van der Waals surface area contributed by atoms with Crippen LogP contribution in [0.4, 0.5) is 5.69 Å². The molecule has 2 heterocycles. The van der Waals surface area contributed by atoms with E-state index in [1.165, 1.54) is 5.69 Å². The molecule has 0 bridgehead atoms. The van der Waals surface area contributed by atoms with Gasteiger partial charge < -0.3 is 4.90 Å². The third-order valence-corrected chi connectivity index (χ3v) is 4.90. The molecule has 3 nitrogen and oxygen atoms in total. The molecule has 26 heavy (non-hydrogen) atoms. The first kappa shape index (κ1) is 18.9. The molecule has 0 spiro atoms. The van der Waals surface area contributed by atoms with Gasteiger partial charge in [-0.15, -0.1) is 0 Å².